The van der Waals surface area contributed by atoms with E-state index >= 15 is 0 Å². The molecule has 0 saturated carbocycles. The second kappa shape index (κ2) is 7.76. The Morgan fingerprint density at radius 3 is 2.72 bits per heavy atom. The predicted molar refractivity (Wildman–Crippen MR) is 95.9 cm³/mol. The Balaban J connectivity index is 1.77. The molecule has 7 nitrogen and oxygen atoms in total. The summed E-state index contributed by atoms with van der Waals surface area (Å²) in [6.07, 6.45) is 3.28. The summed E-state index contributed by atoms with van der Waals surface area (Å²) in [6.45, 7) is 0.529. The number of ether oxygens (including phenoxy) is 2. The zero-order valence-electron chi connectivity index (χ0n) is 13.7. The molecule has 0 radical (unpaired) electrons. The van der Waals surface area contributed by atoms with Crippen LogP contribution in [0.2, 0.25) is 5.02 Å². The van der Waals surface area contributed by atoms with Crippen molar-refractivity contribution in [3.05, 3.63) is 53.6 Å². The average molecular weight is 361 g/mol. The molecule has 2 aromatic heterocycles. The van der Waals surface area contributed by atoms with Gasteiger partial charge in [0.15, 0.2) is 0 Å². The van der Waals surface area contributed by atoms with Gasteiger partial charge >= 0.3 is 0 Å². The van der Waals surface area contributed by atoms with Crippen molar-refractivity contribution in [2.45, 2.75) is 6.54 Å². The van der Waals surface area contributed by atoms with Crippen LogP contribution in [0.1, 0.15) is 5.76 Å². The molecule has 1 aromatic carbocycles. The van der Waals surface area contributed by atoms with Crippen molar-refractivity contribution in [1.29, 1.82) is 0 Å². The number of furan rings is 1. The molecular formula is C17H17ClN4O3. The molecule has 0 aliphatic rings. The van der Waals surface area contributed by atoms with E-state index in [1.807, 2.05) is 12.1 Å². The summed E-state index contributed by atoms with van der Waals surface area (Å²) in [5.41, 5.74) is 0.645. The molecule has 0 aliphatic carbocycles. The number of nitrogens with one attached hydrogen (secondary N) is 2. The van der Waals surface area contributed by atoms with Crippen LogP contribution in [-0.4, -0.2) is 24.2 Å². The van der Waals surface area contributed by atoms with Crippen LogP contribution in [0.15, 0.2) is 47.2 Å². The maximum absolute atomic E-state index is 6.12. The van der Waals surface area contributed by atoms with Gasteiger partial charge in [0.2, 0.25) is 5.95 Å². The highest BCUT2D eigenvalue weighted by atomic mass is 35.5. The normalized spacial score (nSPS) is 10.4. The Kier molecular flexibility index (Phi) is 5.25. The van der Waals surface area contributed by atoms with Gasteiger partial charge in [-0.25, -0.2) is 4.98 Å². The molecule has 0 fully saturated rings. The van der Waals surface area contributed by atoms with Gasteiger partial charge in [-0.2, -0.15) is 4.98 Å². The van der Waals surface area contributed by atoms with E-state index in [0.717, 1.165) is 5.76 Å². The number of aromatic nitrogens is 2. The topological polar surface area (TPSA) is 81.4 Å². The maximum Gasteiger partial charge on any atom is 0.229 e. The molecule has 0 atom stereocenters. The minimum atomic E-state index is 0.409. The molecule has 2 heterocycles. The maximum atomic E-state index is 6.12. The van der Waals surface area contributed by atoms with Crippen LogP contribution in [0.5, 0.6) is 11.5 Å². The number of hydrogen-bond acceptors (Lipinski definition) is 7. The quantitative estimate of drug-likeness (QED) is 0.656. The SMILES string of the molecule is COc1cc(Nc2nccc(NCc3ccco3)n2)c(OC)cc1Cl. The molecule has 0 amide bonds. The van der Waals surface area contributed by atoms with Gasteiger partial charge in [0, 0.05) is 18.3 Å². The third-order valence-electron chi connectivity index (χ3n) is 3.40. The Hall–Kier alpha value is -2.93. The number of benzene rings is 1. The van der Waals surface area contributed by atoms with Crippen LogP contribution >= 0.6 is 11.6 Å². The summed E-state index contributed by atoms with van der Waals surface area (Å²) in [7, 11) is 3.11. The average Bonchev–Trinajstić information content (AvgIpc) is 3.15. The second-order valence-corrected chi connectivity index (χ2v) is 5.42. The highest BCUT2D eigenvalue weighted by Gasteiger charge is 2.11. The van der Waals surface area contributed by atoms with Crippen molar-refractivity contribution in [3.8, 4) is 11.5 Å². The minimum Gasteiger partial charge on any atom is -0.495 e. The van der Waals surface area contributed by atoms with Crippen LogP contribution in [0, 0.1) is 0 Å². The molecule has 3 rings (SSSR count). The van der Waals surface area contributed by atoms with E-state index in [9.17, 15) is 0 Å². The lowest BCUT2D eigenvalue weighted by atomic mass is 10.2. The summed E-state index contributed by atoms with van der Waals surface area (Å²) in [5, 5.41) is 6.74. The van der Waals surface area contributed by atoms with Gasteiger partial charge in [-0.1, -0.05) is 11.6 Å². The van der Waals surface area contributed by atoms with Gasteiger partial charge in [-0.15, -0.1) is 0 Å². The first-order valence-corrected chi connectivity index (χ1v) is 7.85. The fourth-order valence-electron chi connectivity index (χ4n) is 2.19. The van der Waals surface area contributed by atoms with Crippen molar-refractivity contribution in [3.63, 3.8) is 0 Å². The summed E-state index contributed by atoms with van der Waals surface area (Å²) in [5.74, 6) is 2.97. The third kappa shape index (κ3) is 4.13. The van der Waals surface area contributed by atoms with Gasteiger partial charge in [-0.3, -0.25) is 0 Å². The zero-order valence-corrected chi connectivity index (χ0v) is 14.5. The van der Waals surface area contributed by atoms with Gasteiger partial charge in [0.05, 0.1) is 37.7 Å². The number of methoxy groups -OCH3 is 2. The molecule has 3 aromatic rings. The lowest BCUT2D eigenvalue weighted by molar-refractivity contribution is 0.405. The summed E-state index contributed by atoms with van der Waals surface area (Å²) >= 11 is 6.12. The Bertz CT molecular complexity index is 840. The number of anilines is 3. The zero-order chi connectivity index (χ0) is 17.6. The third-order valence-corrected chi connectivity index (χ3v) is 3.70. The molecular weight excluding hydrogens is 344 g/mol. The van der Waals surface area contributed by atoms with Gasteiger partial charge in [0.25, 0.3) is 0 Å². The van der Waals surface area contributed by atoms with E-state index in [2.05, 4.69) is 20.6 Å². The molecule has 130 valence electrons. The van der Waals surface area contributed by atoms with Crippen LogP contribution in [-0.2, 0) is 6.54 Å². The molecule has 2 N–H and O–H groups in total. The van der Waals surface area contributed by atoms with Crippen molar-refractivity contribution >= 4 is 29.1 Å². The first kappa shape index (κ1) is 16.9. The molecule has 8 heteroatoms. The summed E-state index contributed by atoms with van der Waals surface area (Å²) in [6, 6.07) is 8.89. The van der Waals surface area contributed by atoms with E-state index in [1.165, 1.54) is 0 Å². The van der Waals surface area contributed by atoms with Gasteiger partial charge < -0.3 is 24.5 Å². The van der Waals surface area contributed by atoms with Crippen molar-refractivity contribution in [1.82, 2.24) is 9.97 Å². The molecule has 0 unspecified atom stereocenters. The minimum absolute atomic E-state index is 0.409. The summed E-state index contributed by atoms with van der Waals surface area (Å²) in [4.78, 5) is 8.63. The standard InChI is InChI=1S/C17H17ClN4O3/c1-23-14-9-13(15(24-2)8-12(14)18)21-17-19-6-5-16(22-17)20-10-11-4-3-7-25-11/h3-9H,10H2,1-2H3,(H2,19,20,21,22). The lowest BCUT2D eigenvalue weighted by Crippen LogP contribution is -2.04. The van der Waals surface area contributed by atoms with Crippen LogP contribution in [0.4, 0.5) is 17.5 Å². The second-order valence-electron chi connectivity index (χ2n) is 5.01. The Morgan fingerprint density at radius 1 is 1.16 bits per heavy atom. The predicted octanol–water partition coefficient (Wildman–Crippen LogP) is 4.10. The van der Waals surface area contributed by atoms with E-state index in [1.54, 1.807) is 44.9 Å². The lowest BCUT2D eigenvalue weighted by Gasteiger charge is -2.13. The van der Waals surface area contributed by atoms with Crippen LogP contribution < -0.4 is 20.1 Å². The van der Waals surface area contributed by atoms with Gasteiger partial charge in [0.1, 0.15) is 23.1 Å². The first-order chi connectivity index (χ1) is 12.2. The first-order valence-electron chi connectivity index (χ1n) is 7.47. The van der Waals surface area contributed by atoms with E-state index < -0.39 is 0 Å². The molecule has 25 heavy (non-hydrogen) atoms. The van der Waals surface area contributed by atoms with Crippen LogP contribution in [0.3, 0.4) is 0 Å². The molecule has 0 aliphatic heterocycles. The smallest absolute Gasteiger partial charge is 0.229 e. The Labute approximate surface area is 150 Å². The highest BCUT2D eigenvalue weighted by Crippen LogP contribution is 2.36. The fourth-order valence-corrected chi connectivity index (χ4v) is 2.42. The van der Waals surface area contributed by atoms with Gasteiger partial charge in [-0.05, 0) is 18.2 Å². The number of halogens is 1. The monoisotopic (exact) mass is 360 g/mol. The summed E-state index contributed by atoms with van der Waals surface area (Å²) < 4.78 is 15.9. The van der Waals surface area contributed by atoms with E-state index in [4.69, 9.17) is 25.5 Å². The van der Waals surface area contributed by atoms with E-state index in [-0.39, 0.29) is 0 Å². The number of hydrogen-bond donors (Lipinski definition) is 2. The number of nitrogens with zero attached hydrogens (tertiary/aromatic N) is 2. The highest BCUT2D eigenvalue weighted by molar-refractivity contribution is 6.32. The largest absolute Gasteiger partial charge is 0.495 e. The number of rotatable bonds is 7. The molecule has 0 saturated heterocycles. The fraction of sp³-hybridized carbons (Fsp3) is 0.176. The molecule has 0 spiro atoms. The molecule has 0 bridgehead atoms. The van der Waals surface area contributed by atoms with Crippen molar-refractivity contribution < 1.29 is 13.9 Å². The Morgan fingerprint density at radius 2 is 2.00 bits per heavy atom. The van der Waals surface area contributed by atoms with Crippen molar-refractivity contribution in [2.75, 3.05) is 24.9 Å². The van der Waals surface area contributed by atoms with Crippen LogP contribution in [0.25, 0.3) is 0 Å². The van der Waals surface area contributed by atoms with Crippen molar-refractivity contribution in [2.24, 2.45) is 0 Å². The van der Waals surface area contributed by atoms with E-state index in [0.29, 0.717) is 40.5 Å².